The van der Waals surface area contributed by atoms with Gasteiger partial charge in [-0.3, -0.25) is 14.9 Å². The molecule has 0 saturated heterocycles. The number of amides is 1. The highest BCUT2D eigenvalue weighted by molar-refractivity contribution is 6.33. The van der Waals surface area contributed by atoms with Crippen molar-refractivity contribution in [3.8, 4) is 0 Å². The molecule has 0 radical (unpaired) electrons. The molecule has 6 heteroatoms. The molecule has 1 atom stereocenters. The molecule has 0 heterocycles. The van der Waals surface area contributed by atoms with E-state index in [0.29, 0.717) is 0 Å². The van der Waals surface area contributed by atoms with E-state index in [1.165, 1.54) is 18.2 Å². The molecule has 0 spiro atoms. The van der Waals surface area contributed by atoms with E-state index in [0.717, 1.165) is 16.7 Å². The minimum absolute atomic E-state index is 0.0949. The second-order valence-electron chi connectivity index (χ2n) is 5.48. The summed E-state index contributed by atoms with van der Waals surface area (Å²) in [5, 5.41) is 13.9. The average molecular weight is 333 g/mol. The fraction of sp³-hybridized carbons (Fsp3) is 0.235. The van der Waals surface area contributed by atoms with Crippen molar-refractivity contribution in [1.29, 1.82) is 0 Å². The minimum atomic E-state index is -0.555. The number of nitrogens with zero attached hydrogens (tertiary/aromatic N) is 1. The summed E-state index contributed by atoms with van der Waals surface area (Å²) in [6.07, 6.45) is 0. The maximum atomic E-state index is 12.4. The van der Waals surface area contributed by atoms with Gasteiger partial charge in [-0.1, -0.05) is 35.4 Å². The molecule has 0 bridgehead atoms. The molecule has 0 aliphatic carbocycles. The molecule has 1 unspecified atom stereocenters. The molecule has 0 aliphatic rings. The maximum absolute atomic E-state index is 12.4. The zero-order valence-corrected chi connectivity index (χ0v) is 13.8. The normalized spacial score (nSPS) is 11.8. The molecular weight excluding hydrogens is 316 g/mol. The Labute approximate surface area is 139 Å². The molecule has 0 aromatic heterocycles. The quantitative estimate of drug-likeness (QED) is 0.668. The Kier molecular flexibility index (Phi) is 5.01. The third kappa shape index (κ3) is 3.87. The minimum Gasteiger partial charge on any atom is -0.345 e. The SMILES string of the molecule is Cc1ccc(C(C)NC(=O)c2cc([N+](=O)[O-])ccc2Cl)c(C)c1. The third-order valence-electron chi connectivity index (χ3n) is 3.64. The summed E-state index contributed by atoms with van der Waals surface area (Å²) in [6.45, 7) is 5.84. The van der Waals surface area contributed by atoms with E-state index in [1.807, 2.05) is 39.0 Å². The molecule has 2 aromatic rings. The summed E-state index contributed by atoms with van der Waals surface area (Å²) >= 11 is 5.99. The monoisotopic (exact) mass is 332 g/mol. The summed E-state index contributed by atoms with van der Waals surface area (Å²) in [5.41, 5.74) is 3.14. The van der Waals surface area contributed by atoms with Crippen LogP contribution in [0.5, 0.6) is 0 Å². The van der Waals surface area contributed by atoms with Crippen LogP contribution >= 0.6 is 11.6 Å². The van der Waals surface area contributed by atoms with Crippen molar-refractivity contribution in [1.82, 2.24) is 5.32 Å². The van der Waals surface area contributed by atoms with Crippen LogP contribution in [0.3, 0.4) is 0 Å². The van der Waals surface area contributed by atoms with Crippen LogP contribution in [0, 0.1) is 24.0 Å². The van der Waals surface area contributed by atoms with Crippen LogP contribution in [0.4, 0.5) is 5.69 Å². The van der Waals surface area contributed by atoms with Crippen molar-refractivity contribution in [2.75, 3.05) is 0 Å². The van der Waals surface area contributed by atoms with Crippen LogP contribution in [-0.4, -0.2) is 10.8 Å². The van der Waals surface area contributed by atoms with Crippen molar-refractivity contribution in [3.63, 3.8) is 0 Å². The number of carbonyl (C=O) groups excluding carboxylic acids is 1. The first-order valence-corrected chi connectivity index (χ1v) is 7.49. The summed E-state index contributed by atoms with van der Waals surface area (Å²) in [7, 11) is 0. The smallest absolute Gasteiger partial charge is 0.270 e. The van der Waals surface area contributed by atoms with Crippen molar-refractivity contribution in [3.05, 3.63) is 73.8 Å². The van der Waals surface area contributed by atoms with Gasteiger partial charge in [-0.2, -0.15) is 0 Å². The van der Waals surface area contributed by atoms with E-state index >= 15 is 0 Å². The molecule has 0 fully saturated rings. The fourth-order valence-electron chi connectivity index (χ4n) is 2.46. The number of nitro groups is 1. The number of benzene rings is 2. The lowest BCUT2D eigenvalue weighted by atomic mass is 10.00. The number of non-ortho nitro benzene ring substituents is 1. The first-order chi connectivity index (χ1) is 10.8. The van der Waals surface area contributed by atoms with Crippen LogP contribution in [0.2, 0.25) is 5.02 Å². The fourth-order valence-corrected chi connectivity index (χ4v) is 2.67. The molecule has 0 aliphatic heterocycles. The number of halogens is 1. The first-order valence-electron chi connectivity index (χ1n) is 7.11. The number of aryl methyl sites for hydroxylation is 2. The molecule has 2 rings (SSSR count). The van der Waals surface area contributed by atoms with Crippen LogP contribution in [0.15, 0.2) is 36.4 Å². The Hall–Kier alpha value is -2.40. The number of nitro benzene ring substituents is 1. The molecular formula is C17H17ClN2O3. The van der Waals surface area contributed by atoms with E-state index in [9.17, 15) is 14.9 Å². The predicted octanol–water partition coefficient (Wildman–Crippen LogP) is 4.36. The van der Waals surface area contributed by atoms with E-state index in [4.69, 9.17) is 11.6 Å². The standard InChI is InChI=1S/C17H17ClN2O3/c1-10-4-6-14(11(2)8-10)12(3)19-17(21)15-9-13(20(22)23)5-7-16(15)18/h4-9,12H,1-3H3,(H,19,21). The largest absolute Gasteiger partial charge is 0.345 e. The van der Waals surface area contributed by atoms with E-state index in [2.05, 4.69) is 5.32 Å². The van der Waals surface area contributed by atoms with Crippen LogP contribution in [0.1, 0.15) is 40.0 Å². The van der Waals surface area contributed by atoms with Crippen molar-refractivity contribution < 1.29 is 9.72 Å². The lowest BCUT2D eigenvalue weighted by Crippen LogP contribution is -2.27. The van der Waals surface area contributed by atoms with Gasteiger partial charge in [0.15, 0.2) is 0 Å². The Morgan fingerprint density at radius 1 is 1.22 bits per heavy atom. The summed E-state index contributed by atoms with van der Waals surface area (Å²) in [6, 6.07) is 9.56. The Morgan fingerprint density at radius 3 is 2.52 bits per heavy atom. The molecule has 0 saturated carbocycles. The zero-order valence-electron chi connectivity index (χ0n) is 13.1. The van der Waals surface area contributed by atoms with Gasteiger partial charge in [-0.15, -0.1) is 0 Å². The topological polar surface area (TPSA) is 72.2 Å². The van der Waals surface area contributed by atoms with Gasteiger partial charge in [-0.25, -0.2) is 0 Å². The van der Waals surface area contributed by atoms with Gasteiger partial charge < -0.3 is 5.32 Å². The third-order valence-corrected chi connectivity index (χ3v) is 3.97. The van der Waals surface area contributed by atoms with Gasteiger partial charge >= 0.3 is 0 Å². The van der Waals surface area contributed by atoms with Gasteiger partial charge in [0.1, 0.15) is 0 Å². The highest BCUT2D eigenvalue weighted by atomic mass is 35.5. The Morgan fingerprint density at radius 2 is 1.91 bits per heavy atom. The summed E-state index contributed by atoms with van der Waals surface area (Å²) in [4.78, 5) is 22.7. The number of hydrogen-bond acceptors (Lipinski definition) is 3. The summed E-state index contributed by atoms with van der Waals surface area (Å²) in [5.74, 6) is -0.439. The Bertz CT molecular complexity index is 774. The molecule has 2 aromatic carbocycles. The van der Waals surface area contributed by atoms with Gasteiger partial charge in [0.2, 0.25) is 0 Å². The van der Waals surface area contributed by atoms with Gasteiger partial charge in [0.05, 0.1) is 21.6 Å². The number of nitrogens with one attached hydrogen (secondary N) is 1. The molecule has 1 amide bonds. The van der Waals surface area contributed by atoms with Crippen molar-refractivity contribution in [2.45, 2.75) is 26.8 Å². The van der Waals surface area contributed by atoms with Crippen LogP contribution in [-0.2, 0) is 0 Å². The maximum Gasteiger partial charge on any atom is 0.270 e. The molecule has 120 valence electrons. The van der Waals surface area contributed by atoms with Crippen LogP contribution in [0.25, 0.3) is 0 Å². The predicted molar refractivity (Wildman–Crippen MR) is 89.9 cm³/mol. The van der Waals surface area contributed by atoms with Gasteiger partial charge in [0.25, 0.3) is 11.6 Å². The highest BCUT2D eigenvalue weighted by Crippen LogP contribution is 2.24. The summed E-state index contributed by atoms with van der Waals surface area (Å²) < 4.78 is 0. The zero-order chi connectivity index (χ0) is 17.1. The van der Waals surface area contributed by atoms with E-state index in [-0.39, 0.29) is 22.3 Å². The number of hydrogen-bond donors (Lipinski definition) is 1. The molecule has 23 heavy (non-hydrogen) atoms. The molecule has 5 nitrogen and oxygen atoms in total. The van der Waals surface area contributed by atoms with Gasteiger partial charge in [-0.05, 0) is 38.0 Å². The number of carbonyl (C=O) groups is 1. The lowest BCUT2D eigenvalue weighted by molar-refractivity contribution is -0.384. The van der Waals surface area contributed by atoms with E-state index < -0.39 is 10.8 Å². The number of rotatable bonds is 4. The average Bonchev–Trinajstić information content (AvgIpc) is 2.46. The lowest BCUT2D eigenvalue weighted by Gasteiger charge is -2.17. The Balaban J connectivity index is 2.24. The van der Waals surface area contributed by atoms with E-state index in [1.54, 1.807) is 0 Å². The first kappa shape index (κ1) is 17.0. The van der Waals surface area contributed by atoms with Crippen molar-refractivity contribution in [2.24, 2.45) is 0 Å². The van der Waals surface area contributed by atoms with Crippen LogP contribution < -0.4 is 5.32 Å². The van der Waals surface area contributed by atoms with Crippen molar-refractivity contribution >= 4 is 23.2 Å². The second-order valence-corrected chi connectivity index (χ2v) is 5.88. The van der Waals surface area contributed by atoms with Gasteiger partial charge in [0, 0.05) is 12.1 Å². The molecule has 1 N–H and O–H groups in total. The second kappa shape index (κ2) is 6.79. The highest BCUT2D eigenvalue weighted by Gasteiger charge is 2.18.